The van der Waals surface area contributed by atoms with Crippen molar-refractivity contribution >= 4 is 5.91 Å². The van der Waals surface area contributed by atoms with Crippen LogP contribution in [0, 0.1) is 11.3 Å². The van der Waals surface area contributed by atoms with Crippen LogP contribution in [0.5, 0.6) is 0 Å². The van der Waals surface area contributed by atoms with Gasteiger partial charge in [-0.25, -0.2) is 4.98 Å². The number of rotatable bonds is 4. The molecule has 6 nitrogen and oxygen atoms in total. The predicted molar refractivity (Wildman–Crippen MR) is 53.7 cm³/mol. The van der Waals surface area contributed by atoms with Gasteiger partial charge in [0.2, 0.25) is 5.91 Å². The lowest BCUT2D eigenvalue weighted by Crippen LogP contribution is -2.25. The minimum Gasteiger partial charge on any atom is -0.390 e. The molecular formula is C10H11N3O3. The Morgan fingerprint density at radius 1 is 1.56 bits per heavy atom. The SMILES string of the molecule is N#Cc1ccc(C(O)C(O)CC(N)=O)cn1. The van der Waals surface area contributed by atoms with E-state index in [0.29, 0.717) is 5.56 Å². The van der Waals surface area contributed by atoms with Crippen LogP contribution in [0.3, 0.4) is 0 Å². The highest BCUT2D eigenvalue weighted by Gasteiger charge is 2.20. The van der Waals surface area contributed by atoms with Gasteiger partial charge >= 0.3 is 0 Å². The molecule has 84 valence electrons. The van der Waals surface area contributed by atoms with E-state index in [9.17, 15) is 15.0 Å². The first-order valence-corrected chi connectivity index (χ1v) is 4.55. The van der Waals surface area contributed by atoms with Gasteiger partial charge in [-0.1, -0.05) is 6.07 Å². The van der Waals surface area contributed by atoms with Crippen LogP contribution in [0.25, 0.3) is 0 Å². The largest absolute Gasteiger partial charge is 0.390 e. The van der Waals surface area contributed by atoms with Crippen LogP contribution in [0.1, 0.15) is 23.8 Å². The van der Waals surface area contributed by atoms with Gasteiger partial charge in [-0.15, -0.1) is 0 Å². The molecule has 0 aliphatic carbocycles. The lowest BCUT2D eigenvalue weighted by atomic mass is 10.0. The fraction of sp³-hybridized carbons (Fsp3) is 0.300. The zero-order valence-corrected chi connectivity index (χ0v) is 8.37. The molecule has 0 bridgehead atoms. The first kappa shape index (κ1) is 12.1. The second-order valence-electron chi connectivity index (χ2n) is 3.27. The Labute approximate surface area is 92.0 Å². The van der Waals surface area contributed by atoms with Crippen molar-refractivity contribution in [2.45, 2.75) is 18.6 Å². The van der Waals surface area contributed by atoms with E-state index in [1.165, 1.54) is 18.3 Å². The van der Waals surface area contributed by atoms with E-state index >= 15 is 0 Å². The molecule has 0 aromatic carbocycles. The molecule has 4 N–H and O–H groups in total. The van der Waals surface area contributed by atoms with E-state index in [1.54, 1.807) is 0 Å². The number of carbonyl (C=O) groups is 1. The average molecular weight is 221 g/mol. The number of nitriles is 1. The third-order valence-electron chi connectivity index (χ3n) is 2.02. The number of pyridine rings is 1. The Morgan fingerprint density at radius 2 is 2.25 bits per heavy atom. The van der Waals surface area contributed by atoms with Gasteiger partial charge in [0, 0.05) is 11.8 Å². The smallest absolute Gasteiger partial charge is 0.220 e. The molecule has 2 unspecified atom stereocenters. The predicted octanol–water partition coefficient (Wildman–Crippen LogP) is -0.777. The highest BCUT2D eigenvalue weighted by molar-refractivity contribution is 5.74. The molecule has 0 aliphatic heterocycles. The van der Waals surface area contributed by atoms with Crippen LogP contribution < -0.4 is 5.73 Å². The zero-order valence-electron chi connectivity index (χ0n) is 8.37. The van der Waals surface area contributed by atoms with Crippen LogP contribution in [-0.2, 0) is 4.79 Å². The maximum absolute atomic E-state index is 10.5. The number of hydrogen-bond donors (Lipinski definition) is 3. The van der Waals surface area contributed by atoms with Gasteiger partial charge < -0.3 is 15.9 Å². The van der Waals surface area contributed by atoms with E-state index in [1.807, 2.05) is 6.07 Å². The number of nitrogens with two attached hydrogens (primary N) is 1. The first-order valence-electron chi connectivity index (χ1n) is 4.55. The van der Waals surface area contributed by atoms with Crippen molar-refractivity contribution in [3.63, 3.8) is 0 Å². The standard InChI is InChI=1S/C10H11N3O3/c11-4-7-2-1-6(5-13-7)10(16)8(14)3-9(12)15/h1-2,5,8,10,14,16H,3H2,(H2,12,15). The molecule has 1 aromatic rings. The van der Waals surface area contributed by atoms with E-state index in [0.717, 1.165) is 0 Å². The maximum atomic E-state index is 10.5. The van der Waals surface area contributed by atoms with Crippen molar-refractivity contribution in [1.29, 1.82) is 5.26 Å². The van der Waals surface area contributed by atoms with Gasteiger partial charge in [-0.2, -0.15) is 5.26 Å². The summed E-state index contributed by atoms with van der Waals surface area (Å²) in [6, 6.07) is 4.70. The van der Waals surface area contributed by atoms with Gasteiger partial charge in [0.05, 0.1) is 12.5 Å². The lowest BCUT2D eigenvalue weighted by molar-refractivity contribution is -0.121. The summed E-state index contributed by atoms with van der Waals surface area (Å²) in [6.07, 6.45) is -1.57. The van der Waals surface area contributed by atoms with Crippen molar-refractivity contribution in [2.24, 2.45) is 5.73 Å². The molecular weight excluding hydrogens is 210 g/mol. The monoisotopic (exact) mass is 221 g/mol. The number of amides is 1. The van der Waals surface area contributed by atoms with Crippen molar-refractivity contribution in [1.82, 2.24) is 4.98 Å². The molecule has 0 spiro atoms. The molecule has 1 aromatic heterocycles. The number of aliphatic hydroxyl groups excluding tert-OH is 2. The Morgan fingerprint density at radius 3 is 2.69 bits per heavy atom. The average Bonchev–Trinajstić information content (AvgIpc) is 2.27. The molecule has 0 aliphatic rings. The molecule has 0 radical (unpaired) electrons. The highest BCUT2D eigenvalue weighted by atomic mass is 16.3. The third kappa shape index (κ3) is 3.02. The minimum absolute atomic E-state index is 0.209. The van der Waals surface area contributed by atoms with Crippen LogP contribution in [-0.4, -0.2) is 27.2 Å². The number of aliphatic hydroxyl groups is 2. The summed E-state index contributed by atoms with van der Waals surface area (Å²) in [7, 11) is 0. The summed E-state index contributed by atoms with van der Waals surface area (Å²) in [5.41, 5.74) is 5.42. The highest BCUT2D eigenvalue weighted by Crippen LogP contribution is 2.17. The Bertz CT molecular complexity index is 410. The summed E-state index contributed by atoms with van der Waals surface area (Å²) in [6.45, 7) is 0. The van der Waals surface area contributed by atoms with Crippen LogP contribution >= 0.6 is 0 Å². The summed E-state index contributed by atoms with van der Waals surface area (Å²) in [4.78, 5) is 14.3. The van der Waals surface area contributed by atoms with Gasteiger partial charge in [0.1, 0.15) is 17.9 Å². The van der Waals surface area contributed by atoms with Gasteiger partial charge in [0.15, 0.2) is 0 Å². The lowest BCUT2D eigenvalue weighted by Gasteiger charge is -2.16. The van der Waals surface area contributed by atoms with Crippen LogP contribution in [0.4, 0.5) is 0 Å². The molecule has 1 rings (SSSR count). The van der Waals surface area contributed by atoms with E-state index in [2.05, 4.69) is 4.98 Å². The third-order valence-corrected chi connectivity index (χ3v) is 2.02. The molecule has 1 heterocycles. The fourth-order valence-electron chi connectivity index (χ4n) is 1.19. The Balaban J connectivity index is 2.76. The normalized spacial score (nSPS) is 13.8. The molecule has 2 atom stereocenters. The number of primary amides is 1. The Hall–Kier alpha value is -1.97. The van der Waals surface area contributed by atoms with Gasteiger partial charge in [0.25, 0.3) is 0 Å². The number of nitrogens with zero attached hydrogens (tertiary/aromatic N) is 2. The van der Waals surface area contributed by atoms with E-state index in [-0.39, 0.29) is 12.1 Å². The van der Waals surface area contributed by atoms with E-state index < -0.39 is 18.1 Å². The molecule has 0 fully saturated rings. The Kier molecular flexibility index (Phi) is 3.94. The number of carbonyl (C=O) groups excluding carboxylic acids is 1. The van der Waals surface area contributed by atoms with Crippen molar-refractivity contribution in [3.05, 3.63) is 29.6 Å². The molecule has 0 saturated heterocycles. The summed E-state index contributed by atoms with van der Waals surface area (Å²) >= 11 is 0. The van der Waals surface area contributed by atoms with Crippen LogP contribution in [0.15, 0.2) is 18.3 Å². The van der Waals surface area contributed by atoms with Crippen LogP contribution in [0.2, 0.25) is 0 Å². The second kappa shape index (κ2) is 5.21. The molecule has 16 heavy (non-hydrogen) atoms. The fourth-order valence-corrected chi connectivity index (χ4v) is 1.19. The van der Waals surface area contributed by atoms with Gasteiger partial charge in [-0.3, -0.25) is 4.79 Å². The second-order valence-corrected chi connectivity index (χ2v) is 3.27. The number of hydrogen-bond acceptors (Lipinski definition) is 5. The number of aromatic nitrogens is 1. The zero-order chi connectivity index (χ0) is 12.1. The summed E-state index contributed by atoms with van der Waals surface area (Å²) in [5, 5.41) is 27.6. The van der Waals surface area contributed by atoms with Crippen molar-refractivity contribution < 1.29 is 15.0 Å². The van der Waals surface area contributed by atoms with Crippen molar-refractivity contribution in [3.8, 4) is 6.07 Å². The summed E-state index contributed by atoms with van der Waals surface area (Å²) in [5.74, 6) is -0.701. The summed E-state index contributed by atoms with van der Waals surface area (Å²) < 4.78 is 0. The maximum Gasteiger partial charge on any atom is 0.220 e. The topological polar surface area (TPSA) is 120 Å². The molecule has 0 saturated carbocycles. The molecule has 6 heteroatoms. The van der Waals surface area contributed by atoms with E-state index in [4.69, 9.17) is 11.0 Å². The minimum atomic E-state index is -1.27. The molecule has 1 amide bonds. The quantitative estimate of drug-likeness (QED) is 0.616. The first-order chi connectivity index (χ1) is 7.54. The van der Waals surface area contributed by atoms with Gasteiger partial charge in [-0.05, 0) is 6.07 Å². The van der Waals surface area contributed by atoms with Crippen molar-refractivity contribution in [2.75, 3.05) is 0 Å².